The maximum atomic E-state index is 13.0. The molecule has 5 heteroatoms. The van der Waals surface area contributed by atoms with Gasteiger partial charge in [-0.15, -0.1) is 0 Å². The number of nitrogens with zero attached hydrogens (tertiary/aromatic N) is 1. The van der Waals surface area contributed by atoms with Crippen LogP contribution >= 0.6 is 0 Å². The highest BCUT2D eigenvalue weighted by molar-refractivity contribution is 5.98. The van der Waals surface area contributed by atoms with Crippen LogP contribution in [0.15, 0.2) is 42.5 Å². The van der Waals surface area contributed by atoms with Crippen molar-refractivity contribution < 1.29 is 19.0 Å². The van der Waals surface area contributed by atoms with Gasteiger partial charge in [0.05, 0.1) is 21.3 Å². The van der Waals surface area contributed by atoms with E-state index >= 15 is 0 Å². The van der Waals surface area contributed by atoms with Gasteiger partial charge < -0.3 is 14.2 Å². The van der Waals surface area contributed by atoms with E-state index in [1.807, 2.05) is 42.5 Å². The third-order valence-corrected chi connectivity index (χ3v) is 5.11. The third-order valence-electron chi connectivity index (χ3n) is 5.11. The lowest BCUT2D eigenvalue weighted by Gasteiger charge is -2.32. The number of hydrogen-bond donors (Lipinski definition) is 0. The summed E-state index contributed by atoms with van der Waals surface area (Å²) in [5, 5.41) is 0. The monoisotopic (exact) mass is 369 g/mol. The Bertz CT molecular complexity index is 790. The minimum Gasteiger partial charge on any atom is -0.497 e. The van der Waals surface area contributed by atoms with Crippen molar-refractivity contribution in [3.8, 4) is 17.2 Å². The predicted octanol–water partition coefficient (Wildman–Crippen LogP) is 3.81. The Kier molecular flexibility index (Phi) is 6.35. The van der Waals surface area contributed by atoms with Crippen LogP contribution in [-0.4, -0.2) is 45.1 Å². The first-order valence-corrected chi connectivity index (χ1v) is 9.26. The molecule has 144 valence electrons. The standard InChI is InChI=1S/C22H27NO4/c1-25-19-8-4-6-16(12-19)22(24)17-7-5-11-23(14-17)15-18-13-20(26-2)9-10-21(18)27-3/h4,6,8-10,12-13,17H,5,7,11,14-15H2,1-3H3/t17-/m0/s1. The van der Waals surface area contributed by atoms with Crippen LogP contribution in [0.4, 0.5) is 0 Å². The van der Waals surface area contributed by atoms with E-state index < -0.39 is 0 Å². The molecule has 0 spiro atoms. The fourth-order valence-corrected chi connectivity index (χ4v) is 3.67. The van der Waals surface area contributed by atoms with Gasteiger partial charge in [0.2, 0.25) is 0 Å². The zero-order valence-corrected chi connectivity index (χ0v) is 16.2. The second kappa shape index (κ2) is 8.91. The van der Waals surface area contributed by atoms with Gasteiger partial charge in [0.25, 0.3) is 0 Å². The largest absolute Gasteiger partial charge is 0.497 e. The lowest BCUT2D eigenvalue weighted by molar-refractivity contribution is 0.0810. The van der Waals surface area contributed by atoms with Crippen LogP contribution in [0.25, 0.3) is 0 Å². The first-order chi connectivity index (χ1) is 13.1. The summed E-state index contributed by atoms with van der Waals surface area (Å²) in [5.41, 5.74) is 1.80. The molecule has 1 fully saturated rings. The van der Waals surface area contributed by atoms with Gasteiger partial charge in [-0.3, -0.25) is 9.69 Å². The van der Waals surface area contributed by atoms with E-state index in [-0.39, 0.29) is 11.7 Å². The molecule has 27 heavy (non-hydrogen) atoms. The smallest absolute Gasteiger partial charge is 0.167 e. The van der Waals surface area contributed by atoms with Crippen molar-refractivity contribution in [3.05, 3.63) is 53.6 Å². The molecule has 1 aliphatic rings. The summed E-state index contributed by atoms with van der Waals surface area (Å²) in [4.78, 5) is 15.3. The lowest BCUT2D eigenvalue weighted by atomic mass is 9.89. The van der Waals surface area contributed by atoms with Gasteiger partial charge in [-0.1, -0.05) is 12.1 Å². The zero-order valence-electron chi connectivity index (χ0n) is 16.2. The maximum Gasteiger partial charge on any atom is 0.167 e. The molecule has 3 rings (SSSR count). The quantitative estimate of drug-likeness (QED) is 0.695. The van der Waals surface area contributed by atoms with Gasteiger partial charge in [-0.25, -0.2) is 0 Å². The van der Waals surface area contributed by atoms with Crippen LogP contribution in [0.1, 0.15) is 28.8 Å². The summed E-state index contributed by atoms with van der Waals surface area (Å²) in [6.07, 6.45) is 1.93. The van der Waals surface area contributed by atoms with Gasteiger partial charge in [0, 0.05) is 30.1 Å². The Hall–Kier alpha value is -2.53. The molecule has 1 heterocycles. The average Bonchev–Trinajstić information content (AvgIpc) is 2.73. The number of benzene rings is 2. The maximum absolute atomic E-state index is 13.0. The van der Waals surface area contributed by atoms with Crippen LogP contribution in [0, 0.1) is 5.92 Å². The number of ether oxygens (including phenoxy) is 3. The number of rotatable bonds is 7. The van der Waals surface area contributed by atoms with Crippen molar-refractivity contribution >= 4 is 5.78 Å². The van der Waals surface area contributed by atoms with Crippen molar-refractivity contribution in [2.24, 2.45) is 5.92 Å². The summed E-state index contributed by atoms with van der Waals surface area (Å²) >= 11 is 0. The number of carbonyl (C=O) groups is 1. The molecule has 0 radical (unpaired) electrons. The molecule has 0 bridgehead atoms. The van der Waals surface area contributed by atoms with Crippen LogP contribution in [0.2, 0.25) is 0 Å². The minimum absolute atomic E-state index is 0.00228. The molecule has 1 atom stereocenters. The first-order valence-electron chi connectivity index (χ1n) is 9.26. The highest BCUT2D eigenvalue weighted by Crippen LogP contribution is 2.28. The predicted molar refractivity (Wildman–Crippen MR) is 105 cm³/mol. The molecule has 0 amide bonds. The molecular weight excluding hydrogens is 342 g/mol. The Morgan fingerprint density at radius 3 is 2.56 bits per heavy atom. The number of carbonyl (C=O) groups excluding carboxylic acids is 1. The second-order valence-corrected chi connectivity index (χ2v) is 6.85. The highest BCUT2D eigenvalue weighted by atomic mass is 16.5. The van der Waals surface area contributed by atoms with E-state index in [1.54, 1.807) is 21.3 Å². The van der Waals surface area contributed by atoms with E-state index in [9.17, 15) is 4.79 Å². The van der Waals surface area contributed by atoms with Gasteiger partial charge >= 0.3 is 0 Å². The number of Topliss-reactive ketones (excluding diaryl/α,β-unsaturated/α-hetero) is 1. The third kappa shape index (κ3) is 4.61. The molecule has 0 aliphatic carbocycles. The summed E-state index contributed by atoms with van der Waals surface area (Å²) in [6.45, 7) is 2.46. The second-order valence-electron chi connectivity index (χ2n) is 6.85. The molecule has 0 N–H and O–H groups in total. The van der Waals surface area contributed by atoms with E-state index in [0.717, 1.165) is 60.9 Å². The van der Waals surface area contributed by atoms with E-state index in [1.165, 1.54) is 0 Å². The van der Waals surface area contributed by atoms with Crippen LogP contribution in [-0.2, 0) is 6.54 Å². The molecule has 2 aromatic carbocycles. The van der Waals surface area contributed by atoms with E-state index in [4.69, 9.17) is 14.2 Å². The number of likely N-dealkylation sites (tertiary alicyclic amines) is 1. The first kappa shape index (κ1) is 19.2. The fourth-order valence-electron chi connectivity index (χ4n) is 3.67. The Balaban J connectivity index is 1.71. The van der Waals surface area contributed by atoms with Crippen molar-refractivity contribution in [1.82, 2.24) is 4.90 Å². The SMILES string of the molecule is COc1cccc(C(=O)[C@H]2CCCN(Cc3cc(OC)ccc3OC)C2)c1. The van der Waals surface area contributed by atoms with Gasteiger partial charge in [0.1, 0.15) is 17.2 Å². The summed E-state index contributed by atoms with van der Waals surface area (Å²) in [6, 6.07) is 13.3. The van der Waals surface area contributed by atoms with Gasteiger partial charge in [-0.2, -0.15) is 0 Å². The molecule has 1 saturated heterocycles. The van der Waals surface area contributed by atoms with Gasteiger partial charge in [-0.05, 0) is 49.7 Å². The molecular formula is C22H27NO4. The molecule has 5 nitrogen and oxygen atoms in total. The van der Waals surface area contributed by atoms with E-state index in [0.29, 0.717) is 0 Å². The molecule has 2 aromatic rings. The van der Waals surface area contributed by atoms with Crippen LogP contribution < -0.4 is 14.2 Å². The average molecular weight is 369 g/mol. The Labute approximate surface area is 160 Å². The normalized spacial score (nSPS) is 17.4. The summed E-state index contributed by atoms with van der Waals surface area (Å²) < 4.78 is 16.1. The Morgan fingerprint density at radius 1 is 1.04 bits per heavy atom. The molecule has 0 saturated carbocycles. The van der Waals surface area contributed by atoms with E-state index in [2.05, 4.69) is 4.90 Å². The lowest BCUT2D eigenvalue weighted by Crippen LogP contribution is -2.38. The fraction of sp³-hybridized carbons (Fsp3) is 0.409. The summed E-state index contributed by atoms with van der Waals surface area (Å²) in [5.74, 6) is 2.57. The van der Waals surface area contributed by atoms with Crippen LogP contribution in [0.5, 0.6) is 17.2 Å². The topological polar surface area (TPSA) is 48.0 Å². The number of piperidine rings is 1. The molecule has 0 unspecified atom stereocenters. The van der Waals surface area contributed by atoms with Crippen molar-refractivity contribution in [1.29, 1.82) is 0 Å². The van der Waals surface area contributed by atoms with Crippen LogP contribution in [0.3, 0.4) is 0 Å². The number of hydrogen-bond acceptors (Lipinski definition) is 5. The van der Waals surface area contributed by atoms with Crippen molar-refractivity contribution in [2.75, 3.05) is 34.4 Å². The Morgan fingerprint density at radius 2 is 1.81 bits per heavy atom. The highest BCUT2D eigenvalue weighted by Gasteiger charge is 2.27. The summed E-state index contributed by atoms with van der Waals surface area (Å²) in [7, 11) is 4.96. The number of methoxy groups -OCH3 is 3. The zero-order chi connectivity index (χ0) is 19.2. The van der Waals surface area contributed by atoms with Crippen molar-refractivity contribution in [2.45, 2.75) is 19.4 Å². The number of ketones is 1. The minimum atomic E-state index is 0.00228. The van der Waals surface area contributed by atoms with Crippen molar-refractivity contribution in [3.63, 3.8) is 0 Å². The molecule has 0 aromatic heterocycles. The molecule has 1 aliphatic heterocycles. The van der Waals surface area contributed by atoms with Gasteiger partial charge in [0.15, 0.2) is 5.78 Å².